The molecule has 2 heterocycles. The van der Waals surface area contributed by atoms with Gasteiger partial charge in [-0.1, -0.05) is 18.2 Å². The molecule has 2 aromatic carbocycles. The number of halogens is 1. The molecule has 4 rings (SSSR count). The molecular weight excluding hydrogens is 405 g/mol. The van der Waals surface area contributed by atoms with Gasteiger partial charge in [0.05, 0.1) is 5.69 Å². The molecule has 9 heteroatoms. The first kappa shape index (κ1) is 20.1. The normalized spacial score (nSPS) is 10.8. The van der Waals surface area contributed by atoms with Gasteiger partial charge < -0.3 is 19.3 Å². The molecule has 1 N–H and O–H groups in total. The first-order valence-corrected chi connectivity index (χ1v) is 9.37. The van der Waals surface area contributed by atoms with E-state index in [1.807, 2.05) is 0 Å². The smallest absolute Gasteiger partial charge is 0.287 e. The zero-order valence-electron chi connectivity index (χ0n) is 16.5. The maximum absolute atomic E-state index is 13.6. The van der Waals surface area contributed by atoms with Gasteiger partial charge in [-0.2, -0.15) is 0 Å². The summed E-state index contributed by atoms with van der Waals surface area (Å²) in [4.78, 5) is 28.5. The van der Waals surface area contributed by atoms with Gasteiger partial charge in [0.1, 0.15) is 18.1 Å². The van der Waals surface area contributed by atoms with E-state index in [4.69, 9.17) is 14.0 Å². The van der Waals surface area contributed by atoms with Crippen LogP contribution in [-0.2, 0) is 11.4 Å². The molecule has 8 nitrogen and oxygen atoms in total. The van der Waals surface area contributed by atoms with Crippen molar-refractivity contribution in [2.45, 2.75) is 13.5 Å². The Morgan fingerprint density at radius 1 is 1.13 bits per heavy atom. The SMILES string of the molecule is Cc1cc2nc(COc3cccc(NC(=O)COc4ccccc4F)c3)cc(=O)n2o1. The van der Waals surface area contributed by atoms with Crippen LogP contribution in [0.15, 0.2) is 70.0 Å². The number of para-hydroxylation sites is 1. The van der Waals surface area contributed by atoms with Gasteiger partial charge in [0.15, 0.2) is 23.8 Å². The third kappa shape index (κ3) is 4.89. The van der Waals surface area contributed by atoms with Crippen molar-refractivity contribution in [2.24, 2.45) is 0 Å². The van der Waals surface area contributed by atoms with Gasteiger partial charge in [-0.05, 0) is 31.2 Å². The Bertz CT molecular complexity index is 1300. The lowest BCUT2D eigenvalue weighted by Gasteiger charge is -2.10. The average Bonchev–Trinajstić information content (AvgIpc) is 3.13. The maximum Gasteiger partial charge on any atom is 0.287 e. The Morgan fingerprint density at radius 3 is 2.81 bits per heavy atom. The Hall–Kier alpha value is -4.14. The largest absolute Gasteiger partial charge is 0.487 e. The van der Waals surface area contributed by atoms with Gasteiger partial charge in [0.25, 0.3) is 11.5 Å². The second kappa shape index (κ2) is 8.70. The van der Waals surface area contributed by atoms with Crippen molar-refractivity contribution in [1.29, 1.82) is 0 Å². The summed E-state index contributed by atoms with van der Waals surface area (Å²) in [5.41, 5.74) is 0.985. The lowest BCUT2D eigenvalue weighted by atomic mass is 10.3. The van der Waals surface area contributed by atoms with Crippen molar-refractivity contribution in [3.05, 3.63) is 88.3 Å². The predicted molar refractivity (Wildman–Crippen MR) is 110 cm³/mol. The fourth-order valence-corrected chi connectivity index (χ4v) is 2.87. The van der Waals surface area contributed by atoms with Crippen LogP contribution in [-0.4, -0.2) is 22.1 Å². The number of rotatable bonds is 7. The Labute approximate surface area is 175 Å². The van der Waals surface area contributed by atoms with Crippen molar-refractivity contribution in [1.82, 2.24) is 9.56 Å². The highest BCUT2D eigenvalue weighted by atomic mass is 19.1. The Kier molecular flexibility index (Phi) is 5.65. The van der Waals surface area contributed by atoms with Gasteiger partial charge in [0, 0.05) is 23.9 Å². The Balaban J connectivity index is 1.36. The zero-order valence-corrected chi connectivity index (χ0v) is 16.5. The van der Waals surface area contributed by atoms with Gasteiger partial charge in [-0.15, -0.1) is 4.57 Å². The molecular formula is C22H18FN3O5. The zero-order chi connectivity index (χ0) is 21.8. The third-order valence-corrected chi connectivity index (χ3v) is 4.22. The van der Waals surface area contributed by atoms with Gasteiger partial charge >= 0.3 is 0 Å². The standard InChI is InChI=1S/C22H18FN3O5/c1-14-9-20-24-16(11-22(28)26(20)31-14)12-29-17-6-4-5-15(10-17)25-21(27)13-30-19-8-3-2-7-18(19)23/h2-11H,12-13H2,1H3,(H,25,27). The molecule has 0 fully saturated rings. The molecule has 31 heavy (non-hydrogen) atoms. The lowest BCUT2D eigenvalue weighted by molar-refractivity contribution is -0.118. The van der Waals surface area contributed by atoms with Crippen LogP contribution in [0.5, 0.6) is 11.5 Å². The lowest BCUT2D eigenvalue weighted by Crippen LogP contribution is -2.20. The van der Waals surface area contributed by atoms with E-state index in [2.05, 4.69) is 10.3 Å². The monoisotopic (exact) mass is 423 g/mol. The number of nitrogens with one attached hydrogen (secondary N) is 1. The summed E-state index contributed by atoms with van der Waals surface area (Å²) in [5, 5.41) is 2.66. The van der Waals surface area contributed by atoms with Crippen molar-refractivity contribution in [2.75, 3.05) is 11.9 Å². The second-order valence-corrected chi connectivity index (χ2v) is 6.67. The summed E-state index contributed by atoms with van der Waals surface area (Å²) in [7, 11) is 0. The molecule has 0 radical (unpaired) electrons. The number of ether oxygens (including phenoxy) is 2. The highest BCUT2D eigenvalue weighted by Crippen LogP contribution is 2.19. The van der Waals surface area contributed by atoms with Crippen LogP contribution in [0.2, 0.25) is 0 Å². The molecule has 0 spiro atoms. The highest BCUT2D eigenvalue weighted by Gasteiger charge is 2.09. The summed E-state index contributed by atoms with van der Waals surface area (Å²) in [5.74, 6) is 0.0600. The molecule has 2 aromatic heterocycles. The number of hydrogen-bond acceptors (Lipinski definition) is 6. The number of fused-ring (bicyclic) bond motifs is 1. The maximum atomic E-state index is 13.6. The number of carbonyl (C=O) groups is 1. The predicted octanol–water partition coefficient (Wildman–Crippen LogP) is 3.33. The molecule has 0 bridgehead atoms. The first-order valence-electron chi connectivity index (χ1n) is 9.37. The summed E-state index contributed by atoms with van der Waals surface area (Å²) >= 11 is 0. The van der Waals surface area contributed by atoms with Crippen LogP contribution in [0, 0.1) is 12.7 Å². The fraction of sp³-hybridized carbons (Fsp3) is 0.136. The average molecular weight is 423 g/mol. The molecule has 4 aromatic rings. The summed E-state index contributed by atoms with van der Waals surface area (Å²) in [6.45, 7) is 1.44. The topological polar surface area (TPSA) is 95.1 Å². The highest BCUT2D eigenvalue weighted by molar-refractivity contribution is 5.92. The second-order valence-electron chi connectivity index (χ2n) is 6.67. The van der Waals surface area contributed by atoms with Crippen LogP contribution in [0.3, 0.4) is 0 Å². The number of aromatic nitrogens is 2. The molecule has 0 saturated carbocycles. The van der Waals surface area contributed by atoms with Crippen molar-refractivity contribution < 1.29 is 23.2 Å². The van der Waals surface area contributed by atoms with Gasteiger partial charge in [0.2, 0.25) is 0 Å². The molecule has 0 saturated heterocycles. The van der Waals surface area contributed by atoms with Gasteiger partial charge in [-0.25, -0.2) is 9.37 Å². The van der Waals surface area contributed by atoms with E-state index in [0.717, 1.165) is 4.57 Å². The molecule has 0 aliphatic heterocycles. The fourth-order valence-electron chi connectivity index (χ4n) is 2.87. The molecule has 0 aliphatic carbocycles. The molecule has 0 unspecified atom stereocenters. The number of amides is 1. The van der Waals surface area contributed by atoms with Crippen LogP contribution >= 0.6 is 0 Å². The minimum Gasteiger partial charge on any atom is -0.487 e. The first-order chi connectivity index (χ1) is 15.0. The van der Waals surface area contributed by atoms with Crippen molar-refractivity contribution in [3.63, 3.8) is 0 Å². The quantitative estimate of drug-likeness (QED) is 0.490. The van der Waals surface area contributed by atoms with E-state index in [9.17, 15) is 14.0 Å². The van der Waals surface area contributed by atoms with Crippen LogP contribution in [0.1, 0.15) is 11.5 Å². The minimum absolute atomic E-state index is 0.00271. The van der Waals surface area contributed by atoms with E-state index in [0.29, 0.717) is 28.5 Å². The number of hydrogen-bond donors (Lipinski definition) is 1. The van der Waals surface area contributed by atoms with E-state index < -0.39 is 11.7 Å². The van der Waals surface area contributed by atoms with Crippen molar-refractivity contribution >= 4 is 17.2 Å². The summed E-state index contributed by atoms with van der Waals surface area (Å²) < 4.78 is 30.8. The molecule has 0 aliphatic rings. The Morgan fingerprint density at radius 2 is 1.97 bits per heavy atom. The third-order valence-electron chi connectivity index (χ3n) is 4.22. The summed E-state index contributed by atoms with van der Waals surface area (Å²) in [6.07, 6.45) is 0. The van der Waals surface area contributed by atoms with E-state index in [1.165, 1.54) is 24.3 Å². The molecule has 1 amide bonds. The van der Waals surface area contributed by atoms with Crippen LogP contribution in [0.4, 0.5) is 10.1 Å². The number of carbonyl (C=O) groups excluding carboxylic acids is 1. The van der Waals surface area contributed by atoms with Crippen LogP contribution < -0.4 is 20.3 Å². The minimum atomic E-state index is -0.539. The van der Waals surface area contributed by atoms with E-state index in [1.54, 1.807) is 43.3 Å². The van der Waals surface area contributed by atoms with E-state index in [-0.39, 0.29) is 24.5 Å². The number of benzene rings is 2. The van der Waals surface area contributed by atoms with Crippen molar-refractivity contribution in [3.8, 4) is 11.5 Å². The van der Waals surface area contributed by atoms with Crippen LogP contribution in [0.25, 0.3) is 5.65 Å². The summed E-state index contributed by atoms with van der Waals surface area (Å²) in [6, 6.07) is 15.5. The number of anilines is 1. The van der Waals surface area contributed by atoms with E-state index >= 15 is 0 Å². The number of aryl methyl sites for hydroxylation is 1. The molecule has 158 valence electrons. The van der Waals surface area contributed by atoms with Gasteiger partial charge in [-0.3, -0.25) is 9.59 Å². The number of nitrogens with zero attached hydrogens (tertiary/aromatic N) is 2. The molecule has 0 atom stereocenters.